The normalized spacial score (nSPS) is 12.0. The van der Waals surface area contributed by atoms with Crippen LogP contribution in [0.15, 0.2) is 174 Å². The summed E-state index contributed by atoms with van der Waals surface area (Å²) in [6, 6.07) is 61.3. The standard InChI is InChI=1S/C46H28N2OS/c1-2-10-30(11-3-1)48-40-15-7-4-12-34(40)39-27-32(22-24-41(39)48)47(33-21-23-36-35-13-5-8-16-42(35)49-43(36)28-33)31-20-18-29-19-25-45-46(38(29)26-31)37-14-6-9-17-44(37)50-45/h1-28H. The van der Waals surface area contributed by atoms with Gasteiger partial charge in [-0.3, -0.25) is 0 Å². The fourth-order valence-electron chi connectivity index (χ4n) is 7.93. The van der Waals surface area contributed by atoms with E-state index in [1.54, 1.807) is 0 Å². The zero-order valence-corrected chi connectivity index (χ0v) is 27.7. The number of fused-ring (bicyclic) bond motifs is 11. The summed E-state index contributed by atoms with van der Waals surface area (Å²) in [5.41, 5.74) is 8.54. The van der Waals surface area contributed by atoms with Crippen LogP contribution in [0.1, 0.15) is 0 Å². The van der Waals surface area contributed by atoms with Gasteiger partial charge in [-0.15, -0.1) is 11.3 Å². The van der Waals surface area contributed by atoms with Crippen molar-refractivity contribution < 1.29 is 4.42 Å². The molecule has 3 heterocycles. The van der Waals surface area contributed by atoms with Crippen LogP contribution in [0.2, 0.25) is 0 Å². The first-order chi connectivity index (χ1) is 24.8. The molecule has 50 heavy (non-hydrogen) atoms. The molecule has 234 valence electrons. The summed E-state index contributed by atoms with van der Waals surface area (Å²) in [6.45, 7) is 0. The number of furan rings is 1. The summed E-state index contributed by atoms with van der Waals surface area (Å²) in [4.78, 5) is 2.38. The van der Waals surface area contributed by atoms with Gasteiger partial charge in [-0.1, -0.05) is 84.9 Å². The summed E-state index contributed by atoms with van der Waals surface area (Å²) in [7, 11) is 0. The molecule has 0 bridgehead atoms. The Morgan fingerprint density at radius 3 is 1.96 bits per heavy atom. The van der Waals surface area contributed by atoms with Crippen molar-refractivity contribution in [1.29, 1.82) is 0 Å². The molecule has 11 aromatic rings. The molecule has 0 unspecified atom stereocenters. The molecule has 0 aliphatic carbocycles. The molecule has 0 amide bonds. The Labute approximate surface area is 291 Å². The summed E-state index contributed by atoms with van der Waals surface area (Å²) < 4.78 is 11.4. The van der Waals surface area contributed by atoms with Crippen LogP contribution in [0.25, 0.3) is 80.4 Å². The smallest absolute Gasteiger partial charge is 0.137 e. The van der Waals surface area contributed by atoms with Crippen LogP contribution in [-0.2, 0) is 0 Å². The highest BCUT2D eigenvalue weighted by molar-refractivity contribution is 7.26. The molecule has 3 nitrogen and oxygen atoms in total. The summed E-state index contributed by atoms with van der Waals surface area (Å²) >= 11 is 1.86. The van der Waals surface area contributed by atoms with Crippen molar-refractivity contribution in [1.82, 2.24) is 4.57 Å². The minimum Gasteiger partial charge on any atom is -0.456 e. The van der Waals surface area contributed by atoms with Gasteiger partial charge in [0.05, 0.1) is 11.0 Å². The van der Waals surface area contributed by atoms with Gasteiger partial charge < -0.3 is 13.9 Å². The Hall–Kier alpha value is -6.36. The molecule has 0 N–H and O–H groups in total. The third kappa shape index (κ3) is 4.03. The molecule has 0 fully saturated rings. The Balaban J connectivity index is 1.19. The van der Waals surface area contributed by atoms with Crippen LogP contribution < -0.4 is 4.90 Å². The maximum Gasteiger partial charge on any atom is 0.137 e. The highest BCUT2D eigenvalue weighted by Crippen LogP contribution is 2.44. The highest BCUT2D eigenvalue weighted by atomic mass is 32.1. The predicted octanol–water partition coefficient (Wildman–Crippen LogP) is 13.7. The van der Waals surface area contributed by atoms with E-state index in [0.29, 0.717) is 0 Å². The maximum atomic E-state index is 6.43. The fraction of sp³-hybridized carbons (Fsp3) is 0. The van der Waals surface area contributed by atoms with E-state index in [0.717, 1.165) is 44.7 Å². The number of benzene rings is 8. The number of thiophene rings is 1. The molecule has 0 aliphatic heterocycles. The number of para-hydroxylation sites is 3. The van der Waals surface area contributed by atoms with Crippen LogP contribution >= 0.6 is 11.3 Å². The average molecular weight is 657 g/mol. The van der Waals surface area contributed by atoms with Gasteiger partial charge in [0.25, 0.3) is 0 Å². The third-order valence-electron chi connectivity index (χ3n) is 10.2. The van der Waals surface area contributed by atoms with Crippen molar-refractivity contribution in [2.75, 3.05) is 4.90 Å². The Bertz CT molecular complexity index is 3110. The third-order valence-corrected chi connectivity index (χ3v) is 11.3. The van der Waals surface area contributed by atoms with Crippen LogP contribution in [0.4, 0.5) is 17.1 Å². The molecular weight excluding hydrogens is 629 g/mol. The second-order valence-corrected chi connectivity index (χ2v) is 14.0. The summed E-state index contributed by atoms with van der Waals surface area (Å²) in [6.07, 6.45) is 0. The van der Waals surface area contributed by atoms with E-state index in [-0.39, 0.29) is 0 Å². The Morgan fingerprint density at radius 2 is 1.06 bits per heavy atom. The topological polar surface area (TPSA) is 21.3 Å². The van der Waals surface area contributed by atoms with Crippen molar-refractivity contribution in [3.63, 3.8) is 0 Å². The summed E-state index contributed by atoms with van der Waals surface area (Å²) in [5, 5.41) is 9.81. The number of anilines is 3. The minimum absolute atomic E-state index is 0.877. The number of rotatable bonds is 4. The largest absolute Gasteiger partial charge is 0.456 e. The zero-order chi connectivity index (χ0) is 32.8. The van der Waals surface area contributed by atoms with Crippen LogP contribution in [-0.4, -0.2) is 4.57 Å². The zero-order valence-electron chi connectivity index (χ0n) is 26.9. The highest BCUT2D eigenvalue weighted by Gasteiger charge is 2.20. The lowest BCUT2D eigenvalue weighted by atomic mass is 10.0. The average Bonchev–Trinajstić information content (AvgIpc) is 3.84. The van der Waals surface area contributed by atoms with Crippen LogP contribution in [0.5, 0.6) is 0 Å². The molecule has 0 atom stereocenters. The van der Waals surface area contributed by atoms with E-state index in [1.807, 2.05) is 23.5 Å². The van der Waals surface area contributed by atoms with Crippen molar-refractivity contribution in [2.45, 2.75) is 0 Å². The van der Waals surface area contributed by atoms with Gasteiger partial charge in [0, 0.05) is 70.5 Å². The van der Waals surface area contributed by atoms with Gasteiger partial charge in [0.1, 0.15) is 11.2 Å². The SMILES string of the molecule is c1ccc(-n2c3ccccc3c3cc(N(c4ccc5c(c4)oc4ccccc45)c4ccc5ccc6sc7ccccc7c6c5c4)ccc32)cc1. The first kappa shape index (κ1) is 27.6. The first-order valence-corrected chi connectivity index (χ1v) is 17.7. The Morgan fingerprint density at radius 1 is 0.420 bits per heavy atom. The van der Waals surface area contributed by atoms with Crippen molar-refractivity contribution in [2.24, 2.45) is 0 Å². The second-order valence-electron chi connectivity index (χ2n) is 12.9. The van der Waals surface area contributed by atoms with Crippen molar-refractivity contribution in [3.8, 4) is 5.69 Å². The molecule has 0 saturated heterocycles. The number of nitrogens with zero attached hydrogens (tertiary/aromatic N) is 2. The quantitative estimate of drug-likeness (QED) is 0.188. The number of aromatic nitrogens is 1. The van der Waals surface area contributed by atoms with Gasteiger partial charge in [-0.05, 0) is 89.6 Å². The van der Waals surface area contributed by atoms with E-state index in [1.165, 1.54) is 52.8 Å². The van der Waals surface area contributed by atoms with E-state index < -0.39 is 0 Å². The van der Waals surface area contributed by atoms with Crippen molar-refractivity contribution in [3.05, 3.63) is 170 Å². The number of hydrogen-bond donors (Lipinski definition) is 0. The van der Waals surface area contributed by atoms with Crippen molar-refractivity contribution >= 4 is 103 Å². The lowest BCUT2D eigenvalue weighted by molar-refractivity contribution is 0.669. The summed E-state index contributed by atoms with van der Waals surface area (Å²) in [5.74, 6) is 0. The minimum atomic E-state index is 0.877. The second kappa shape index (κ2) is 10.6. The fourth-order valence-corrected chi connectivity index (χ4v) is 9.05. The molecular formula is C46H28N2OS. The predicted molar refractivity (Wildman–Crippen MR) is 213 cm³/mol. The lowest BCUT2D eigenvalue weighted by Gasteiger charge is -2.26. The van der Waals surface area contributed by atoms with E-state index in [2.05, 4.69) is 167 Å². The molecule has 0 radical (unpaired) electrons. The lowest BCUT2D eigenvalue weighted by Crippen LogP contribution is -2.10. The van der Waals surface area contributed by atoms with E-state index in [9.17, 15) is 0 Å². The van der Waals surface area contributed by atoms with Gasteiger partial charge in [-0.25, -0.2) is 0 Å². The number of hydrogen-bond acceptors (Lipinski definition) is 3. The monoisotopic (exact) mass is 656 g/mol. The molecule has 4 heteroatoms. The van der Waals surface area contributed by atoms with Gasteiger partial charge in [-0.2, -0.15) is 0 Å². The first-order valence-electron chi connectivity index (χ1n) is 16.9. The van der Waals surface area contributed by atoms with Gasteiger partial charge in [0.15, 0.2) is 0 Å². The Kier molecular flexibility index (Phi) is 5.83. The molecule has 11 rings (SSSR count). The molecule has 0 aliphatic rings. The van der Waals surface area contributed by atoms with E-state index in [4.69, 9.17) is 4.42 Å². The molecule has 3 aromatic heterocycles. The van der Waals surface area contributed by atoms with Gasteiger partial charge >= 0.3 is 0 Å². The molecule has 0 spiro atoms. The maximum absolute atomic E-state index is 6.43. The van der Waals surface area contributed by atoms with Crippen LogP contribution in [0, 0.1) is 0 Å². The van der Waals surface area contributed by atoms with Gasteiger partial charge in [0.2, 0.25) is 0 Å². The van der Waals surface area contributed by atoms with E-state index >= 15 is 0 Å². The molecule has 0 saturated carbocycles. The van der Waals surface area contributed by atoms with Crippen LogP contribution in [0.3, 0.4) is 0 Å². The molecule has 8 aromatic carbocycles.